The Morgan fingerprint density at radius 1 is 1.77 bits per heavy atom. The number of aryl methyl sites for hydroxylation is 1. The molecule has 0 spiro atoms. The van der Waals surface area contributed by atoms with Gasteiger partial charge in [0.2, 0.25) is 0 Å². The highest BCUT2D eigenvalue weighted by Gasteiger charge is 2.18. The molecule has 1 rings (SSSR count). The van der Waals surface area contributed by atoms with E-state index < -0.39 is 12.1 Å². The lowest BCUT2D eigenvalue weighted by Crippen LogP contribution is -2.12. The smallest absolute Gasteiger partial charge is 0.339 e. The van der Waals surface area contributed by atoms with Gasteiger partial charge in [0.25, 0.3) is 0 Å². The summed E-state index contributed by atoms with van der Waals surface area (Å²) in [7, 11) is 2.93. The normalized spacial score (nSPS) is 11.6. The molecule has 6 heteroatoms. The van der Waals surface area contributed by atoms with Gasteiger partial charge in [-0.2, -0.15) is 5.10 Å². The van der Waals surface area contributed by atoms with Crippen molar-refractivity contribution in [3.8, 4) is 0 Å². The van der Waals surface area contributed by atoms with Gasteiger partial charge in [-0.25, -0.2) is 4.79 Å². The number of hydrogen-bond acceptors (Lipinski definition) is 4. The van der Waals surface area contributed by atoms with Gasteiger partial charge < -0.3 is 9.84 Å². The van der Waals surface area contributed by atoms with E-state index in [0.717, 1.165) is 0 Å². The number of methoxy groups -OCH3 is 1. The van der Waals surface area contributed by atoms with Crippen LogP contribution in [0.5, 0.6) is 0 Å². The second kappa shape index (κ2) is 4.84. The van der Waals surface area contributed by atoms with Crippen LogP contribution in [-0.4, -0.2) is 28.0 Å². The molecule has 0 amide bonds. The van der Waals surface area contributed by atoms with E-state index in [1.54, 1.807) is 13.2 Å². The maximum absolute atomic E-state index is 10.8. The highest BCUT2D eigenvalue weighted by Crippen LogP contribution is 2.11. The lowest BCUT2D eigenvalue weighted by molar-refractivity contribution is -0.150. The van der Waals surface area contributed by atoms with E-state index in [4.69, 9.17) is 0 Å². The topological polar surface area (TPSA) is 64.3 Å². The number of carbonyl (C=O) groups excluding carboxylic acids is 1. The van der Waals surface area contributed by atoms with Crippen molar-refractivity contribution in [1.29, 1.82) is 0 Å². The van der Waals surface area contributed by atoms with Crippen LogP contribution in [0.2, 0.25) is 0 Å². The number of ether oxygens (including phenoxy) is 1. The van der Waals surface area contributed by atoms with Gasteiger partial charge in [-0.3, -0.25) is 4.68 Å². The number of aliphatic hydroxyl groups is 1. The van der Waals surface area contributed by atoms with Crippen molar-refractivity contribution in [2.45, 2.75) is 6.10 Å². The van der Waals surface area contributed by atoms with E-state index >= 15 is 0 Å². The predicted molar refractivity (Wildman–Crippen MR) is 47.4 cm³/mol. The summed E-state index contributed by atoms with van der Waals surface area (Å²) >= 11 is 0. The Bertz CT molecular complexity index is 287. The third-order valence-corrected chi connectivity index (χ3v) is 1.47. The van der Waals surface area contributed by atoms with Crippen molar-refractivity contribution in [2.75, 3.05) is 7.11 Å². The van der Waals surface area contributed by atoms with Crippen LogP contribution in [0, 0.1) is 0 Å². The summed E-state index contributed by atoms with van der Waals surface area (Å²) < 4.78 is 5.85. The maximum Gasteiger partial charge on any atom is 0.339 e. The fourth-order valence-corrected chi connectivity index (χ4v) is 0.829. The van der Waals surface area contributed by atoms with E-state index in [1.807, 2.05) is 0 Å². The van der Waals surface area contributed by atoms with Crippen molar-refractivity contribution >= 4 is 18.4 Å². The highest BCUT2D eigenvalue weighted by atomic mass is 35.5. The van der Waals surface area contributed by atoms with Gasteiger partial charge in [0.05, 0.1) is 13.3 Å². The van der Waals surface area contributed by atoms with Crippen molar-refractivity contribution < 1.29 is 14.6 Å². The number of carbonyl (C=O) groups is 1. The minimum absolute atomic E-state index is 0. The van der Waals surface area contributed by atoms with E-state index in [-0.39, 0.29) is 12.4 Å². The van der Waals surface area contributed by atoms with Gasteiger partial charge in [0.1, 0.15) is 0 Å². The van der Waals surface area contributed by atoms with Gasteiger partial charge >= 0.3 is 5.97 Å². The lowest BCUT2D eigenvalue weighted by Gasteiger charge is -2.03. The first-order valence-electron chi connectivity index (χ1n) is 3.39. The SMILES string of the molecule is COC(=O)C(O)c1cnn(C)c1.Cl. The van der Waals surface area contributed by atoms with Crippen LogP contribution in [0.3, 0.4) is 0 Å². The van der Waals surface area contributed by atoms with Crippen molar-refractivity contribution in [3.05, 3.63) is 18.0 Å². The summed E-state index contributed by atoms with van der Waals surface area (Å²) in [5.74, 6) is -0.678. The molecule has 5 nitrogen and oxygen atoms in total. The molecular weight excluding hydrogens is 196 g/mol. The summed E-state index contributed by atoms with van der Waals surface area (Å²) in [6.07, 6.45) is 1.74. The van der Waals surface area contributed by atoms with Crippen LogP contribution in [0.4, 0.5) is 0 Å². The average molecular weight is 207 g/mol. The van der Waals surface area contributed by atoms with Gasteiger partial charge in [0, 0.05) is 18.8 Å². The number of hydrogen-bond donors (Lipinski definition) is 1. The Labute approximate surface area is 81.7 Å². The largest absolute Gasteiger partial charge is 0.467 e. The molecule has 0 saturated heterocycles. The number of rotatable bonds is 2. The molecule has 0 fully saturated rings. The van der Waals surface area contributed by atoms with E-state index in [0.29, 0.717) is 5.56 Å². The molecule has 0 aromatic carbocycles. The first-order chi connectivity index (χ1) is 5.65. The maximum atomic E-state index is 10.8. The Morgan fingerprint density at radius 2 is 2.38 bits per heavy atom. The Hall–Kier alpha value is -1.07. The molecule has 1 aromatic rings. The predicted octanol–water partition coefficient (Wildman–Crippen LogP) is 0.0483. The fourth-order valence-electron chi connectivity index (χ4n) is 0.829. The Morgan fingerprint density at radius 3 is 2.77 bits per heavy atom. The molecule has 1 N–H and O–H groups in total. The van der Waals surface area contributed by atoms with E-state index in [9.17, 15) is 9.90 Å². The first kappa shape index (κ1) is 11.9. The molecule has 0 aliphatic rings. The molecular formula is C7H11ClN2O3. The second-order valence-electron chi connectivity index (χ2n) is 2.37. The molecule has 1 unspecified atom stereocenters. The molecule has 0 radical (unpaired) electrons. The average Bonchev–Trinajstić information content (AvgIpc) is 2.49. The lowest BCUT2D eigenvalue weighted by atomic mass is 10.2. The highest BCUT2D eigenvalue weighted by molar-refractivity contribution is 5.85. The van der Waals surface area contributed by atoms with Crippen LogP contribution in [0.1, 0.15) is 11.7 Å². The molecule has 1 heterocycles. The van der Waals surface area contributed by atoms with Crippen molar-refractivity contribution in [1.82, 2.24) is 9.78 Å². The van der Waals surface area contributed by atoms with Gasteiger partial charge in [-0.1, -0.05) is 0 Å². The van der Waals surface area contributed by atoms with Crippen LogP contribution < -0.4 is 0 Å². The molecule has 13 heavy (non-hydrogen) atoms. The van der Waals surface area contributed by atoms with Crippen molar-refractivity contribution in [2.24, 2.45) is 7.05 Å². The van der Waals surface area contributed by atoms with Crippen LogP contribution >= 0.6 is 12.4 Å². The molecule has 1 atom stereocenters. The van der Waals surface area contributed by atoms with Crippen LogP contribution in [0.25, 0.3) is 0 Å². The number of esters is 1. The zero-order valence-corrected chi connectivity index (χ0v) is 8.11. The zero-order valence-electron chi connectivity index (χ0n) is 7.30. The molecule has 1 aromatic heterocycles. The quantitative estimate of drug-likeness (QED) is 0.695. The van der Waals surface area contributed by atoms with Crippen molar-refractivity contribution in [3.63, 3.8) is 0 Å². The van der Waals surface area contributed by atoms with Gasteiger partial charge in [-0.05, 0) is 0 Å². The second-order valence-corrected chi connectivity index (χ2v) is 2.37. The fraction of sp³-hybridized carbons (Fsp3) is 0.429. The number of aliphatic hydroxyl groups excluding tert-OH is 1. The van der Waals surface area contributed by atoms with Gasteiger partial charge in [-0.15, -0.1) is 12.4 Å². The molecule has 0 saturated carbocycles. The summed E-state index contributed by atoms with van der Waals surface area (Å²) in [5.41, 5.74) is 0.435. The van der Waals surface area contributed by atoms with Crippen LogP contribution in [0.15, 0.2) is 12.4 Å². The summed E-state index contributed by atoms with van der Waals surface area (Å²) in [4.78, 5) is 10.8. The molecule has 0 bridgehead atoms. The summed E-state index contributed by atoms with van der Waals surface area (Å²) in [6, 6.07) is 0. The van der Waals surface area contributed by atoms with Crippen LogP contribution in [-0.2, 0) is 16.6 Å². The standard InChI is InChI=1S/C7H10N2O3.ClH/c1-9-4-5(3-8-9)6(10)7(11)12-2;/h3-4,6,10H,1-2H3;1H. The zero-order chi connectivity index (χ0) is 9.14. The number of aromatic nitrogens is 2. The third kappa shape index (κ3) is 2.71. The van der Waals surface area contributed by atoms with Gasteiger partial charge in [0.15, 0.2) is 6.10 Å². The third-order valence-electron chi connectivity index (χ3n) is 1.47. The molecule has 74 valence electrons. The summed E-state index contributed by atoms with van der Waals surface area (Å²) in [5, 5.41) is 13.1. The monoisotopic (exact) mass is 206 g/mol. The molecule has 0 aliphatic carbocycles. The van der Waals surface area contributed by atoms with E-state index in [1.165, 1.54) is 18.0 Å². The number of nitrogens with zero attached hydrogens (tertiary/aromatic N) is 2. The van der Waals surface area contributed by atoms with E-state index in [2.05, 4.69) is 9.84 Å². The molecule has 0 aliphatic heterocycles. The first-order valence-corrected chi connectivity index (χ1v) is 3.39. The Kier molecular flexibility index (Phi) is 4.44. The minimum Gasteiger partial charge on any atom is -0.467 e. The summed E-state index contributed by atoms with van der Waals surface area (Å²) in [6.45, 7) is 0. The Balaban J connectivity index is 0.00000144. The minimum atomic E-state index is -1.23. The number of halogens is 1.